The van der Waals surface area contributed by atoms with Crippen LogP contribution in [0, 0.1) is 6.92 Å². The Labute approximate surface area is 174 Å². The van der Waals surface area contributed by atoms with Crippen molar-refractivity contribution in [2.45, 2.75) is 31.6 Å². The molecule has 1 aromatic carbocycles. The number of sulfonamides is 1. The lowest BCUT2D eigenvalue weighted by atomic mass is 10.3. The van der Waals surface area contributed by atoms with Crippen LogP contribution in [0.4, 0.5) is 10.5 Å². The summed E-state index contributed by atoms with van der Waals surface area (Å²) in [5, 5.41) is 5.16. The average Bonchev–Trinajstić information content (AvgIpc) is 3.11. The van der Waals surface area contributed by atoms with Crippen molar-refractivity contribution in [3.05, 3.63) is 60.0 Å². The molecule has 2 aromatic heterocycles. The van der Waals surface area contributed by atoms with Gasteiger partial charge >= 0.3 is 6.03 Å². The fraction of sp³-hybridized carbons (Fsp3) is 0.250. The second kappa shape index (κ2) is 8.95. The van der Waals surface area contributed by atoms with Gasteiger partial charge in [0.2, 0.25) is 0 Å². The molecule has 9 nitrogen and oxygen atoms in total. The van der Waals surface area contributed by atoms with Gasteiger partial charge in [-0.25, -0.2) is 22.9 Å². The zero-order chi connectivity index (χ0) is 21.7. The highest BCUT2D eigenvalue weighted by Crippen LogP contribution is 2.15. The number of nitrogens with one attached hydrogen (secondary N) is 3. The highest BCUT2D eigenvalue weighted by Gasteiger charge is 2.18. The molecule has 0 saturated carbocycles. The van der Waals surface area contributed by atoms with Gasteiger partial charge in [0.05, 0.1) is 4.90 Å². The molecule has 0 bridgehead atoms. The molecule has 3 rings (SSSR count). The number of aryl methyl sites for hydroxylation is 1. The molecular weight excluding hydrogens is 406 g/mol. The maximum atomic E-state index is 12.5. The quantitative estimate of drug-likeness (QED) is 0.499. The maximum Gasteiger partial charge on any atom is 0.328 e. The molecule has 30 heavy (non-hydrogen) atoms. The molecule has 3 aromatic rings. The number of hydrogen-bond donors (Lipinski definition) is 3. The van der Waals surface area contributed by atoms with Crippen LogP contribution in [0.1, 0.15) is 35.8 Å². The Bertz CT molecular complexity index is 1170. The van der Waals surface area contributed by atoms with E-state index in [9.17, 15) is 18.0 Å². The van der Waals surface area contributed by atoms with Crippen molar-refractivity contribution in [1.82, 2.24) is 19.4 Å². The molecule has 0 aliphatic carbocycles. The van der Waals surface area contributed by atoms with Crippen LogP contribution < -0.4 is 15.4 Å². The minimum absolute atomic E-state index is 0.0886. The van der Waals surface area contributed by atoms with E-state index in [0.717, 1.165) is 18.4 Å². The highest BCUT2D eigenvalue weighted by molar-refractivity contribution is 7.90. The number of unbranched alkanes of at least 4 members (excludes halogenated alkanes) is 1. The van der Waals surface area contributed by atoms with Gasteiger partial charge in [0.15, 0.2) is 0 Å². The molecule has 3 amide bonds. The van der Waals surface area contributed by atoms with Crippen LogP contribution in [0.5, 0.6) is 0 Å². The molecule has 0 aliphatic rings. The van der Waals surface area contributed by atoms with E-state index in [2.05, 4.69) is 15.6 Å². The fourth-order valence-electron chi connectivity index (χ4n) is 2.70. The number of pyridine rings is 1. The number of fused-ring (bicyclic) bond motifs is 1. The minimum Gasteiger partial charge on any atom is -0.337 e. The third-order valence-electron chi connectivity index (χ3n) is 4.31. The van der Waals surface area contributed by atoms with Crippen molar-refractivity contribution < 1.29 is 18.0 Å². The van der Waals surface area contributed by atoms with E-state index < -0.39 is 22.0 Å². The standard InChI is InChI=1S/C20H23N5O4S/c1-3-4-10-21-20(27)24-30(28,29)16-7-5-15(6-8-16)22-19(26)17-13-25-11-9-14(2)12-18(25)23-17/h5-9,11-13H,3-4,10H2,1-2H3,(H,22,26)(H2,21,24,27). The summed E-state index contributed by atoms with van der Waals surface area (Å²) in [7, 11) is -4.01. The number of nitrogens with zero attached hydrogens (tertiary/aromatic N) is 2. The number of carbonyl (C=O) groups excluding carboxylic acids is 2. The molecule has 0 aliphatic heterocycles. The third-order valence-corrected chi connectivity index (χ3v) is 5.66. The van der Waals surface area contributed by atoms with E-state index in [1.807, 2.05) is 36.9 Å². The van der Waals surface area contributed by atoms with Gasteiger partial charge < -0.3 is 15.0 Å². The van der Waals surface area contributed by atoms with E-state index in [-0.39, 0.29) is 10.6 Å². The largest absolute Gasteiger partial charge is 0.337 e. The summed E-state index contributed by atoms with van der Waals surface area (Å²) in [6.45, 7) is 4.30. The number of carbonyl (C=O) groups is 2. The monoisotopic (exact) mass is 429 g/mol. The second-order valence-electron chi connectivity index (χ2n) is 6.79. The van der Waals surface area contributed by atoms with E-state index in [1.54, 1.807) is 10.6 Å². The Morgan fingerprint density at radius 3 is 2.57 bits per heavy atom. The molecule has 0 spiro atoms. The Morgan fingerprint density at radius 2 is 1.87 bits per heavy atom. The summed E-state index contributed by atoms with van der Waals surface area (Å²) in [4.78, 5) is 28.4. The highest BCUT2D eigenvalue weighted by atomic mass is 32.2. The first-order valence-corrected chi connectivity index (χ1v) is 10.9. The number of rotatable bonds is 7. The van der Waals surface area contributed by atoms with Gasteiger partial charge in [-0.15, -0.1) is 0 Å². The van der Waals surface area contributed by atoms with Gasteiger partial charge in [-0.05, 0) is 55.3 Å². The maximum absolute atomic E-state index is 12.5. The van der Waals surface area contributed by atoms with E-state index in [4.69, 9.17) is 0 Å². The van der Waals surface area contributed by atoms with Gasteiger partial charge in [0.1, 0.15) is 11.3 Å². The number of anilines is 1. The summed E-state index contributed by atoms with van der Waals surface area (Å²) < 4.78 is 28.3. The predicted molar refractivity (Wildman–Crippen MR) is 113 cm³/mol. The van der Waals surface area contributed by atoms with Gasteiger partial charge in [0, 0.05) is 24.6 Å². The summed E-state index contributed by atoms with van der Waals surface area (Å²) in [6.07, 6.45) is 5.08. The van der Waals surface area contributed by atoms with Crippen LogP contribution in [-0.4, -0.2) is 36.3 Å². The van der Waals surface area contributed by atoms with E-state index >= 15 is 0 Å². The smallest absolute Gasteiger partial charge is 0.328 e. The van der Waals surface area contributed by atoms with Crippen molar-refractivity contribution in [3.63, 3.8) is 0 Å². The number of urea groups is 1. The van der Waals surface area contributed by atoms with Crippen LogP contribution in [0.3, 0.4) is 0 Å². The van der Waals surface area contributed by atoms with Crippen molar-refractivity contribution >= 4 is 33.3 Å². The first-order valence-electron chi connectivity index (χ1n) is 9.46. The number of aromatic nitrogens is 2. The number of amides is 3. The van der Waals surface area contributed by atoms with Crippen LogP contribution in [0.2, 0.25) is 0 Å². The summed E-state index contributed by atoms with van der Waals surface area (Å²) >= 11 is 0. The van der Waals surface area contributed by atoms with Gasteiger partial charge in [-0.2, -0.15) is 0 Å². The number of hydrogen-bond acceptors (Lipinski definition) is 5. The molecule has 0 fully saturated rings. The van der Waals surface area contributed by atoms with Crippen molar-refractivity contribution in [1.29, 1.82) is 0 Å². The van der Waals surface area contributed by atoms with Crippen molar-refractivity contribution in [2.24, 2.45) is 0 Å². The molecule has 0 atom stereocenters. The lowest BCUT2D eigenvalue weighted by Crippen LogP contribution is -2.39. The van der Waals surface area contributed by atoms with Crippen LogP contribution in [0.25, 0.3) is 5.65 Å². The first-order chi connectivity index (χ1) is 14.3. The lowest BCUT2D eigenvalue weighted by molar-refractivity contribution is 0.102. The van der Waals surface area contributed by atoms with Crippen LogP contribution in [0.15, 0.2) is 53.7 Å². The van der Waals surface area contributed by atoms with Gasteiger partial charge in [-0.1, -0.05) is 13.3 Å². The Balaban J connectivity index is 1.65. The third kappa shape index (κ3) is 5.15. The second-order valence-corrected chi connectivity index (χ2v) is 8.47. The minimum atomic E-state index is -4.01. The van der Waals surface area contributed by atoms with Crippen LogP contribution >= 0.6 is 0 Å². The zero-order valence-corrected chi connectivity index (χ0v) is 17.5. The Hall–Kier alpha value is -3.40. The number of imidazole rings is 1. The molecule has 158 valence electrons. The predicted octanol–water partition coefficient (Wildman–Crippen LogP) is 2.68. The normalized spacial score (nSPS) is 11.3. The zero-order valence-electron chi connectivity index (χ0n) is 16.7. The lowest BCUT2D eigenvalue weighted by Gasteiger charge is -2.09. The first kappa shape index (κ1) is 21.3. The molecule has 10 heteroatoms. The van der Waals surface area contributed by atoms with Gasteiger partial charge in [0.25, 0.3) is 15.9 Å². The summed E-state index contributed by atoms with van der Waals surface area (Å²) in [5.74, 6) is -0.416. The molecular formula is C20H23N5O4S. The molecule has 0 saturated heterocycles. The van der Waals surface area contributed by atoms with E-state index in [0.29, 0.717) is 17.9 Å². The van der Waals surface area contributed by atoms with Crippen molar-refractivity contribution in [2.75, 3.05) is 11.9 Å². The Kier molecular flexibility index (Phi) is 6.36. The molecule has 3 N–H and O–H groups in total. The molecule has 0 unspecified atom stereocenters. The van der Waals surface area contributed by atoms with Crippen molar-refractivity contribution in [3.8, 4) is 0 Å². The number of benzene rings is 1. The average molecular weight is 430 g/mol. The topological polar surface area (TPSA) is 122 Å². The van der Waals surface area contributed by atoms with E-state index in [1.165, 1.54) is 24.3 Å². The Morgan fingerprint density at radius 1 is 1.13 bits per heavy atom. The molecule has 2 heterocycles. The van der Waals surface area contributed by atoms with Gasteiger partial charge in [-0.3, -0.25) is 4.79 Å². The summed E-state index contributed by atoms with van der Waals surface area (Å²) in [5.41, 5.74) is 2.33. The van der Waals surface area contributed by atoms with Crippen LogP contribution in [-0.2, 0) is 10.0 Å². The summed E-state index contributed by atoms with van der Waals surface area (Å²) in [6, 6.07) is 8.51. The molecule has 0 radical (unpaired) electrons. The fourth-order valence-corrected chi connectivity index (χ4v) is 3.63. The SMILES string of the molecule is CCCCNC(=O)NS(=O)(=O)c1ccc(NC(=O)c2cn3ccc(C)cc3n2)cc1.